The number of hydrogen-bond acceptors (Lipinski definition) is 3. The van der Waals surface area contributed by atoms with Crippen molar-refractivity contribution in [3.63, 3.8) is 0 Å². The van der Waals surface area contributed by atoms with Crippen molar-refractivity contribution >= 4 is 30.7 Å². The Morgan fingerprint density at radius 2 is 1.56 bits per heavy atom. The third-order valence-corrected chi connectivity index (χ3v) is 4.39. The number of nitrogens with zero attached hydrogens (tertiary/aromatic N) is 1. The van der Waals surface area contributed by atoms with Crippen LogP contribution in [0.1, 0.15) is 30.5 Å². The normalized spacial score (nSPS) is 11.3. The van der Waals surface area contributed by atoms with Gasteiger partial charge in [-0.1, -0.05) is 68.4 Å². The topological polar surface area (TPSA) is 58.4 Å². The first-order valence-electron chi connectivity index (χ1n) is 8.99. The van der Waals surface area contributed by atoms with Crippen LogP contribution in [0.25, 0.3) is 0 Å². The number of halogens is 2. The van der Waals surface area contributed by atoms with Gasteiger partial charge in [0.05, 0.1) is 6.04 Å². The Bertz CT molecular complexity index is 663. The lowest BCUT2D eigenvalue weighted by molar-refractivity contribution is -0.122. The SMILES string of the molecule is CCN(CC)Cc1cccc(CNC(=O)C(N)Cc2ccccc2)c1.Cl.Cl. The smallest absolute Gasteiger partial charge is 0.237 e. The third-order valence-electron chi connectivity index (χ3n) is 4.39. The van der Waals surface area contributed by atoms with E-state index < -0.39 is 6.04 Å². The van der Waals surface area contributed by atoms with Crippen molar-refractivity contribution < 1.29 is 4.79 Å². The summed E-state index contributed by atoms with van der Waals surface area (Å²) >= 11 is 0. The predicted molar refractivity (Wildman–Crippen MR) is 118 cm³/mol. The molecule has 0 aliphatic carbocycles. The standard InChI is InChI=1S/C21H29N3O.2ClH/c1-3-24(4-2)16-19-12-8-11-18(13-19)15-23-21(25)20(22)14-17-9-6-5-7-10-17;;/h5-13,20H,3-4,14-16,22H2,1-2H3,(H,23,25);2*1H. The summed E-state index contributed by atoms with van der Waals surface area (Å²) in [5.41, 5.74) is 9.47. The van der Waals surface area contributed by atoms with Crippen molar-refractivity contribution in [2.75, 3.05) is 13.1 Å². The Morgan fingerprint density at radius 3 is 2.19 bits per heavy atom. The molecule has 0 spiro atoms. The highest BCUT2D eigenvalue weighted by Gasteiger charge is 2.13. The molecule has 4 nitrogen and oxygen atoms in total. The maximum absolute atomic E-state index is 12.2. The summed E-state index contributed by atoms with van der Waals surface area (Å²) in [4.78, 5) is 14.6. The summed E-state index contributed by atoms with van der Waals surface area (Å²) in [5.74, 6) is -0.113. The summed E-state index contributed by atoms with van der Waals surface area (Å²) in [7, 11) is 0. The van der Waals surface area contributed by atoms with Gasteiger partial charge in [-0.05, 0) is 36.2 Å². The van der Waals surface area contributed by atoms with E-state index in [1.807, 2.05) is 42.5 Å². The molecule has 0 aliphatic heterocycles. The van der Waals surface area contributed by atoms with Gasteiger partial charge in [-0.2, -0.15) is 0 Å². The number of rotatable bonds is 9. The zero-order valence-electron chi connectivity index (χ0n) is 16.1. The maximum atomic E-state index is 12.2. The fourth-order valence-corrected chi connectivity index (χ4v) is 2.82. The van der Waals surface area contributed by atoms with E-state index in [1.165, 1.54) is 5.56 Å². The molecule has 0 heterocycles. The molecule has 1 unspecified atom stereocenters. The molecule has 0 aromatic heterocycles. The number of nitrogens with two attached hydrogens (primary N) is 1. The van der Waals surface area contributed by atoms with Crippen LogP contribution in [-0.2, 0) is 24.3 Å². The van der Waals surface area contributed by atoms with E-state index in [-0.39, 0.29) is 30.7 Å². The highest BCUT2D eigenvalue weighted by molar-refractivity contribution is 5.85. The van der Waals surface area contributed by atoms with Crippen molar-refractivity contribution in [2.24, 2.45) is 5.73 Å². The summed E-state index contributed by atoms with van der Waals surface area (Å²) in [6.07, 6.45) is 0.550. The lowest BCUT2D eigenvalue weighted by Gasteiger charge is -2.18. The molecule has 0 aliphatic rings. The minimum atomic E-state index is -0.527. The molecular weight excluding hydrogens is 381 g/mol. The molecule has 0 fully saturated rings. The lowest BCUT2D eigenvalue weighted by atomic mass is 10.1. The van der Waals surface area contributed by atoms with Crippen LogP contribution in [0, 0.1) is 0 Å². The zero-order chi connectivity index (χ0) is 18.1. The van der Waals surface area contributed by atoms with Gasteiger partial charge in [0.15, 0.2) is 0 Å². The van der Waals surface area contributed by atoms with Crippen molar-refractivity contribution in [3.8, 4) is 0 Å². The van der Waals surface area contributed by atoms with E-state index in [0.717, 1.165) is 30.8 Å². The highest BCUT2D eigenvalue weighted by atomic mass is 35.5. The molecule has 0 saturated carbocycles. The average Bonchev–Trinajstić information content (AvgIpc) is 2.65. The molecule has 2 aromatic carbocycles. The van der Waals surface area contributed by atoms with Crippen molar-refractivity contribution in [1.82, 2.24) is 10.2 Å². The maximum Gasteiger partial charge on any atom is 0.237 e. The predicted octanol–water partition coefficient (Wildman–Crippen LogP) is 3.56. The van der Waals surface area contributed by atoms with Crippen LogP contribution in [0.2, 0.25) is 0 Å². The molecule has 2 rings (SSSR count). The van der Waals surface area contributed by atoms with Gasteiger partial charge in [-0.25, -0.2) is 0 Å². The van der Waals surface area contributed by atoms with Gasteiger partial charge in [-0.15, -0.1) is 24.8 Å². The zero-order valence-corrected chi connectivity index (χ0v) is 17.7. The van der Waals surface area contributed by atoms with Gasteiger partial charge < -0.3 is 11.1 Å². The van der Waals surface area contributed by atoms with Gasteiger partial charge in [-0.3, -0.25) is 9.69 Å². The van der Waals surface area contributed by atoms with Gasteiger partial charge in [0, 0.05) is 13.1 Å². The van der Waals surface area contributed by atoms with E-state index in [0.29, 0.717) is 13.0 Å². The van der Waals surface area contributed by atoms with E-state index >= 15 is 0 Å². The Morgan fingerprint density at radius 1 is 0.963 bits per heavy atom. The number of carbonyl (C=O) groups excluding carboxylic acids is 1. The summed E-state index contributed by atoms with van der Waals surface area (Å²) in [6.45, 7) is 7.84. The second-order valence-corrected chi connectivity index (χ2v) is 6.30. The molecule has 6 heteroatoms. The Labute approximate surface area is 175 Å². The lowest BCUT2D eigenvalue weighted by Crippen LogP contribution is -2.41. The molecule has 150 valence electrons. The van der Waals surface area contributed by atoms with Gasteiger partial charge in [0.1, 0.15) is 0 Å². The average molecular weight is 412 g/mol. The first kappa shape index (κ1) is 25.4. The minimum absolute atomic E-state index is 0. The van der Waals surface area contributed by atoms with Crippen LogP contribution in [0.4, 0.5) is 0 Å². The largest absolute Gasteiger partial charge is 0.351 e. The van der Waals surface area contributed by atoms with Crippen LogP contribution in [0.15, 0.2) is 54.6 Å². The van der Waals surface area contributed by atoms with Crippen LogP contribution < -0.4 is 11.1 Å². The van der Waals surface area contributed by atoms with E-state index in [1.54, 1.807) is 0 Å². The third kappa shape index (κ3) is 8.76. The van der Waals surface area contributed by atoms with E-state index in [4.69, 9.17) is 5.73 Å². The molecule has 27 heavy (non-hydrogen) atoms. The van der Waals surface area contributed by atoms with Crippen molar-refractivity contribution in [1.29, 1.82) is 0 Å². The first-order valence-corrected chi connectivity index (χ1v) is 8.99. The molecule has 0 radical (unpaired) electrons. The number of hydrogen-bond donors (Lipinski definition) is 2. The number of benzene rings is 2. The van der Waals surface area contributed by atoms with Crippen molar-refractivity contribution in [3.05, 3.63) is 71.3 Å². The van der Waals surface area contributed by atoms with Crippen LogP contribution in [0.3, 0.4) is 0 Å². The quantitative estimate of drug-likeness (QED) is 0.662. The van der Waals surface area contributed by atoms with Gasteiger partial charge in [0.2, 0.25) is 5.91 Å². The number of nitrogens with one attached hydrogen (secondary N) is 1. The first-order chi connectivity index (χ1) is 12.1. The van der Waals surface area contributed by atoms with Crippen LogP contribution in [-0.4, -0.2) is 29.9 Å². The second-order valence-electron chi connectivity index (χ2n) is 6.30. The molecule has 0 bridgehead atoms. The van der Waals surface area contributed by atoms with Crippen LogP contribution in [0.5, 0.6) is 0 Å². The monoisotopic (exact) mass is 411 g/mol. The summed E-state index contributed by atoms with van der Waals surface area (Å²) in [6, 6.07) is 17.7. The van der Waals surface area contributed by atoms with Gasteiger partial charge >= 0.3 is 0 Å². The molecule has 0 saturated heterocycles. The minimum Gasteiger partial charge on any atom is -0.351 e. The molecule has 3 N–H and O–H groups in total. The Hall–Kier alpha value is -1.59. The fourth-order valence-electron chi connectivity index (χ4n) is 2.82. The number of carbonyl (C=O) groups is 1. The second kappa shape index (κ2) is 13.6. The Kier molecular flexibility index (Phi) is 12.8. The number of amides is 1. The molecule has 1 amide bonds. The Balaban J connectivity index is 0.00000338. The van der Waals surface area contributed by atoms with E-state index in [2.05, 4.69) is 36.2 Å². The fraction of sp³-hybridized carbons (Fsp3) is 0.381. The molecule has 1 atom stereocenters. The van der Waals surface area contributed by atoms with Gasteiger partial charge in [0.25, 0.3) is 0 Å². The van der Waals surface area contributed by atoms with Crippen molar-refractivity contribution in [2.45, 2.75) is 39.4 Å². The van der Waals surface area contributed by atoms with E-state index in [9.17, 15) is 4.79 Å². The molecule has 2 aromatic rings. The summed E-state index contributed by atoms with van der Waals surface area (Å²) < 4.78 is 0. The summed E-state index contributed by atoms with van der Waals surface area (Å²) in [5, 5.41) is 2.95. The van der Waals surface area contributed by atoms with Crippen LogP contribution >= 0.6 is 24.8 Å². The highest BCUT2D eigenvalue weighted by Crippen LogP contribution is 2.09. The molecular formula is C21H31Cl2N3O.